The Morgan fingerprint density at radius 3 is 2.80 bits per heavy atom. The lowest BCUT2D eigenvalue weighted by molar-refractivity contribution is 0.409. The maximum Gasteiger partial charge on any atom is 0.0408 e. The Morgan fingerprint density at radius 1 is 1.15 bits per heavy atom. The molecule has 2 atom stereocenters. The molecule has 0 saturated carbocycles. The van der Waals surface area contributed by atoms with Gasteiger partial charge in [-0.2, -0.15) is 0 Å². The Kier molecular flexibility index (Phi) is 4.09. The first kappa shape index (κ1) is 13.7. The van der Waals surface area contributed by atoms with Gasteiger partial charge in [-0.15, -0.1) is 0 Å². The summed E-state index contributed by atoms with van der Waals surface area (Å²) in [6, 6.07) is 17.7. The van der Waals surface area contributed by atoms with Gasteiger partial charge in [0.1, 0.15) is 0 Å². The fraction of sp³-hybridized carbons (Fsp3) is 0.333. The van der Waals surface area contributed by atoms with Crippen LogP contribution >= 0.6 is 11.6 Å². The zero-order valence-electron chi connectivity index (χ0n) is 11.8. The van der Waals surface area contributed by atoms with E-state index < -0.39 is 0 Å². The maximum absolute atomic E-state index is 6.12. The topological polar surface area (TPSA) is 12.0 Å². The van der Waals surface area contributed by atoms with Crippen molar-refractivity contribution in [2.24, 2.45) is 0 Å². The van der Waals surface area contributed by atoms with Crippen LogP contribution in [0.3, 0.4) is 0 Å². The summed E-state index contributed by atoms with van der Waals surface area (Å²) in [4.78, 5) is 0. The number of halogens is 1. The summed E-state index contributed by atoms with van der Waals surface area (Å²) in [5.41, 5.74) is 4.32. The predicted molar refractivity (Wildman–Crippen MR) is 85.5 cm³/mol. The minimum Gasteiger partial charge on any atom is -0.316 e. The normalized spacial score (nSPS) is 21.5. The number of hydrogen-bond donors (Lipinski definition) is 1. The molecule has 20 heavy (non-hydrogen) atoms. The Bertz CT molecular complexity index is 593. The first-order valence-corrected chi connectivity index (χ1v) is 7.65. The van der Waals surface area contributed by atoms with Gasteiger partial charge in [0.15, 0.2) is 0 Å². The molecule has 0 spiro atoms. The van der Waals surface area contributed by atoms with Crippen molar-refractivity contribution in [2.45, 2.75) is 31.2 Å². The van der Waals surface area contributed by atoms with Crippen molar-refractivity contribution in [1.29, 1.82) is 0 Å². The Morgan fingerprint density at radius 2 is 2.00 bits per heavy atom. The first-order chi connectivity index (χ1) is 9.78. The van der Waals surface area contributed by atoms with Crippen molar-refractivity contribution in [1.82, 2.24) is 5.32 Å². The lowest BCUT2D eigenvalue weighted by Crippen LogP contribution is -2.37. The highest BCUT2D eigenvalue weighted by Crippen LogP contribution is 2.34. The Hall–Kier alpha value is -1.31. The van der Waals surface area contributed by atoms with Crippen LogP contribution in [-0.2, 0) is 12.8 Å². The molecule has 0 amide bonds. The van der Waals surface area contributed by atoms with E-state index in [1.807, 2.05) is 12.1 Å². The Balaban J connectivity index is 1.93. The van der Waals surface area contributed by atoms with Gasteiger partial charge in [-0.1, -0.05) is 48.0 Å². The van der Waals surface area contributed by atoms with Crippen LogP contribution in [0.25, 0.3) is 0 Å². The maximum atomic E-state index is 6.12. The molecule has 2 heteroatoms. The molecule has 2 aromatic rings. The third kappa shape index (κ3) is 2.74. The molecule has 104 valence electrons. The molecule has 0 heterocycles. The van der Waals surface area contributed by atoms with Gasteiger partial charge >= 0.3 is 0 Å². The van der Waals surface area contributed by atoms with Gasteiger partial charge in [0.25, 0.3) is 0 Å². The van der Waals surface area contributed by atoms with Gasteiger partial charge < -0.3 is 5.32 Å². The molecule has 2 aromatic carbocycles. The highest BCUT2D eigenvalue weighted by molar-refractivity contribution is 6.30. The standard InChI is InChI=1S/C18H20ClN/c1-20-18-10-9-14-6-2-3-8-16(14)17(18)12-13-5-4-7-15(19)11-13/h2-8,11,17-18,20H,9-10,12H2,1H3. The summed E-state index contributed by atoms with van der Waals surface area (Å²) in [7, 11) is 2.07. The molecule has 2 unspecified atom stereocenters. The monoisotopic (exact) mass is 285 g/mol. The molecule has 0 aromatic heterocycles. The molecule has 0 fully saturated rings. The van der Waals surface area contributed by atoms with Gasteiger partial charge in [-0.3, -0.25) is 0 Å². The fourth-order valence-electron chi connectivity index (χ4n) is 3.37. The first-order valence-electron chi connectivity index (χ1n) is 7.27. The summed E-state index contributed by atoms with van der Waals surface area (Å²) in [6.45, 7) is 0. The van der Waals surface area contributed by atoms with E-state index in [2.05, 4.69) is 48.8 Å². The number of hydrogen-bond acceptors (Lipinski definition) is 1. The number of aryl methyl sites for hydroxylation is 1. The van der Waals surface area contributed by atoms with Crippen LogP contribution in [0.2, 0.25) is 5.02 Å². The molecule has 1 aliphatic carbocycles. The van der Waals surface area contributed by atoms with Gasteiger partial charge in [-0.25, -0.2) is 0 Å². The second kappa shape index (κ2) is 5.99. The largest absolute Gasteiger partial charge is 0.316 e. The number of rotatable bonds is 3. The fourth-order valence-corrected chi connectivity index (χ4v) is 3.58. The number of fused-ring (bicyclic) bond motifs is 1. The van der Waals surface area contributed by atoms with Crippen molar-refractivity contribution in [3.63, 3.8) is 0 Å². The SMILES string of the molecule is CNC1CCc2ccccc2C1Cc1cccc(Cl)c1. The smallest absolute Gasteiger partial charge is 0.0408 e. The summed E-state index contributed by atoms with van der Waals surface area (Å²) in [6.07, 6.45) is 3.43. The summed E-state index contributed by atoms with van der Waals surface area (Å²) >= 11 is 6.12. The highest BCUT2D eigenvalue weighted by atomic mass is 35.5. The van der Waals surface area contributed by atoms with Crippen LogP contribution in [0.15, 0.2) is 48.5 Å². The van der Waals surface area contributed by atoms with E-state index in [0.717, 1.165) is 11.4 Å². The van der Waals surface area contributed by atoms with Crippen LogP contribution in [0.1, 0.15) is 29.0 Å². The average molecular weight is 286 g/mol. The average Bonchev–Trinajstić information content (AvgIpc) is 2.48. The molecule has 1 N–H and O–H groups in total. The molecular formula is C18H20ClN. The van der Waals surface area contributed by atoms with Crippen LogP contribution in [0.5, 0.6) is 0 Å². The van der Waals surface area contributed by atoms with Crippen LogP contribution in [0.4, 0.5) is 0 Å². The lowest BCUT2D eigenvalue weighted by Gasteiger charge is -2.33. The minimum atomic E-state index is 0.531. The lowest BCUT2D eigenvalue weighted by atomic mass is 9.76. The van der Waals surface area contributed by atoms with Gasteiger partial charge in [0.05, 0.1) is 0 Å². The third-order valence-corrected chi connectivity index (χ3v) is 4.62. The van der Waals surface area contributed by atoms with E-state index in [4.69, 9.17) is 11.6 Å². The third-order valence-electron chi connectivity index (χ3n) is 4.38. The van der Waals surface area contributed by atoms with E-state index in [1.54, 1.807) is 0 Å². The summed E-state index contributed by atoms with van der Waals surface area (Å²) in [5.74, 6) is 0.531. The van der Waals surface area contributed by atoms with Crippen molar-refractivity contribution < 1.29 is 0 Å². The zero-order valence-corrected chi connectivity index (χ0v) is 12.5. The molecule has 1 nitrogen and oxygen atoms in total. The quantitative estimate of drug-likeness (QED) is 0.891. The van der Waals surface area contributed by atoms with Gasteiger partial charge in [0, 0.05) is 17.0 Å². The van der Waals surface area contributed by atoms with Crippen molar-refractivity contribution >= 4 is 11.6 Å². The molecule has 0 bridgehead atoms. The summed E-state index contributed by atoms with van der Waals surface area (Å²) < 4.78 is 0. The molecule has 0 aliphatic heterocycles. The second-order valence-electron chi connectivity index (χ2n) is 5.57. The number of nitrogens with one attached hydrogen (secondary N) is 1. The van der Waals surface area contributed by atoms with Gasteiger partial charge in [0.2, 0.25) is 0 Å². The summed E-state index contributed by atoms with van der Waals surface area (Å²) in [5, 5.41) is 4.32. The van der Waals surface area contributed by atoms with E-state index in [-0.39, 0.29) is 0 Å². The van der Waals surface area contributed by atoms with Crippen LogP contribution in [-0.4, -0.2) is 13.1 Å². The van der Waals surface area contributed by atoms with Gasteiger partial charge in [-0.05, 0) is 55.1 Å². The van der Waals surface area contributed by atoms with E-state index in [0.29, 0.717) is 12.0 Å². The molecule has 0 saturated heterocycles. The van der Waals surface area contributed by atoms with Crippen molar-refractivity contribution in [3.05, 3.63) is 70.2 Å². The number of benzene rings is 2. The van der Waals surface area contributed by atoms with Crippen LogP contribution in [0, 0.1) is 0 Å². The molecule has 3 rings (SSSR count). The van der Waals surface area contributed by atoms with Crippen LogP contribution < -0.4 is 5.32 Å². The number of likely N-dealkylation sites (N-methyl/N-ethyl adjacent to an activating group) is 1. The van der Waals surface area contributed by atoms with Crippen molar-refractivity contribution in [3.8, 4) is 0 Å². The van der Waals surface area contributed by atoms with E-state index >= 15 is 0 Å². The molecule has 0 radical (unpaired) electrons. The molecule has 1 aliphatic rings. The predicted octanol–water partition coefficient (Wildman–Crippen LogP) is 4.20. The van der Waals surface area contributed by atoms with E-state index in [1.165, 1.54) is 29.5 Å². The van der Waals surface area contributed by atoms with Crippen molar-refractivity contribution in [2.75, 3.05) is 7.05 Å². The Labute approximate surface area is 126 Å². The van der Waals surface area contributed by atoms with E-state index in [9.17, 15) is 0 Å². The zero-order chi connectivity index (χ0) is 13.9. The second-order valence-corrected chi connectivity index (χ2v) is 6.01. The highest BCUT2D eigenvalue weighted by Gasteiger charge is 2.28. The molecular weight excluding hydrogens is 266 g/mol. The minimum absolute atomic E-state index is 0.531.